The highest BCUT2D eigenvalue weighted by Gasteiger charge is 2.24. The van der Waals surface area contributed by atoms with Crippen LogP contribution in [-0.4, -0.2) is 22.8 Å². The predicted molar refractivity (Wildman–Crippen MR) is 110 cm³/mol. The van der Waals surface area contributed by atoms with Gasteiger partial charge in [-0.2, -0.15) is 0 Å². The summed E-state index contributed by atoms with van der Waals surface area (Å²) in [5.74, 6) is 0.239. The van der Waals surface area contributed by atoms with E-state index in [0.717, 1.165) is 17.1 Å². The first-order valence-electron chi connectivity index (χ1n) is 8.49. The minimum atomic E-state index is -0.327. The van der Waals surface area contributed by atoms with Crippen LogP contribution < -0.4 is 10.1 Å². The van der Waals surface area contributed by atoms with Crippen LogP contribution >= 0.6 is 11.8 Å². The van der Waals surface area contributed by atoms with E-state index in [9.17, 15) is 9.18 Å². The Morgan fingerprint density at radius 2 is 1.86 bits per heavy atom. The quantitative estimate of drug-likeness (QED) is 0.663. The van der Waals surface area contributed by atoms with E-state index in [1.807, 2.05) is 53.2 Å². The Morgan fingerprint density at radius 1 is 1.11 bits per heavy atom. The molecule has 0 bridgehead atoms. The number of halogens is 1. The molecule has 140 valence electrons. The molecular formula is C21H16FN3O2S. The summed E-state index contributed by atoms with van der Waals surface area (Å²) < 4.78 is 20.2. The zero-order chi connectivity index (χ0) is 19.5. The number of benzene rings is 2. The van der Waals surface area contributed by atoms with Crippen LogP contribution in [0.3, 0.4) is 0 Å². The van der Waals surface area contributed by atoms with Gasteiger partial charge in [-0.15, -0.1) is 0 Å². The van der Waals surface area contributed by atoms with Crippen LogP contribution in [0.1, 0.15) is 5.69 Å². The van der Waals surface area contributed by atoms with Crippen molar-refractivity contribution < 1.29 is 13.9 Å². The fraction of sp³-hybridized carbons (Fsp3) is 0.0476. The summed E-state index contributed by atoms with van der Waals surface area (Å²) in [5.41, 5.74) is 2.40. The number of carbonyl (C=O) groups excluding carboxylic acids is 1. The van der Waals surface area contributed by atoms with Gasteiger partial charge in [-0.25, -0.2) is 9.38 Å². The van der Waals surface area contributed by atoms with Gasteiger partial charge in [-0.3, -0.25) is 4.79 Å². The van der Waals surface area contributed by atoms with Gasteiger partial charge < -0.3 is 14.6 Å². The Morgan fingerprint density at radius 3 is 2.57 bits per heavy atom. The average molecular weight is 393 g/mol. The van der Waals surface area contributed by atoms with Crippen LogP contribution in [-0.2, 0) is 4.79 Å². The molecule has 0 unspecified atom stereocenters. The summed E-state index contributed by atoms with van der Waals surface area (Å²) in [7, 11) is 1.63. The molecule has 0 saturated carbocycles. The minimum Gasteiger partial charge on any atom is -0.497 e. The molecule has 0 atom stereocenters. The maximum absolute atomic E-state index is 13.0. The number of hydrogen-bond acceptors (Lipinski definition) is 4. The van der Waals surface area contributed by atoms with Gasteiger partial charge in [0.1, 0.15) is 11.6 Å². The van der Waals surface area contributed by atoms with Crippen molar-refractivity contribution in [3.05, 3.63) is 83.3 Å². The molecule has 1 N–H and O–H groups in total. The number of aromatic nitrogens is 1. The van der Waals surface area contributed by atoms with Crippen LogP contribution in [0.4, 0.5) is 10.1 Å². The third-order valence-corrected chi connectivity index (χ3v) is 5.03. The largest absolute Gasteiger partial charge is 0.497 e. The zero-order valence-corrected chi connectivity index (χ0v) is 15.7. The molecule has 1 fully saturated rings. The summed E-state index contributed by atoms with van der Waals surface area (Å²) in [6.45, 7) is 0. The van der Waals surface area contributed by atoms with Gasteiger partial charge in [0.15, 0.2) is 5.17 Å². The normalized spacial score (nSPS) is 16.6. The molecule has 7 heteroatoms. The molecule has 1 saturated heterocycles. The molecule has 0 aliphatic carbocycles. The monoisotopic (exact) mass is 393 g/mol. The van der Waals surface area contributed by atoms with Gasteiger partial charge in [-0.1, -0.05) is 0 Å². The lowest BCUT2D eigenvalue weighted by molar-refractivity contribution is -0.115. The van der Waals surface area contributed by atoms with Crippen molar-refractivity contribution in [1.82, 2.24) is 9.88 Å². The number of amidine groups is 1. The van der Waals surface area contributed by atoms with Crippen LogP contribution in [0, 0.1) is 5.82 Å². The van der Waals surface area contributed by atoms with E-state index >= 15 is 0 Å². The van der Waals surface area contributed by atoms with E-state index in [1.54, 1.807) is 19.2 Å². The first kappa shape index (κ1) is 18.1. The molecule has 5 nitrogen and oxygen atoms in total. The van der Waals surface area contributed by atoms with Crippen LogP contribution in [0.5, 0.6) is 5.75 Å². The minimum absolute atomic E-state index is 0.214. The Kier molecular flexibility index (Phi) is 4.99. The summed E-state index contributed by atoms with van der Waals surface area (Å²) in [4.78, 5) is 17.2. The molecule has 1 aliphatic rings. The number of nitrogens with one attached hydrogen (secondary N) is 1. The van der Waals surface area contributed by atoms with Crippen molar-refractivity contribution >= 4 is 34.6 Å². The average Bonchev–Trinajstić information content (AvgIpc) is 3.30. The Hall–Kier alpha value is -3.32. The molecule has 2 aromatic carbocycles. The molecule has 28 heavy (non-hydrogen) atoms. The van der Waals surface area contributed by atoms with E-state index in [1.165, 1.54) is 23.9 Å². The standard InChI is InChI=1S/C21H16FN3O2S/c1-27-18-10-8-16(9-11-18)25-12-2-3-17(25)13-19-20(26)24-21(28-19)23-15-6-4-14(22)5-7-15/h2-13H,1H3,(H,23,24,26). The van der Waals surface area contributed by atoms with Crippen LogP contribution in [0.15, 0.2) is 76.8 Å². The zero-order valence-electron chi connectivity index (χ0n) is 14.9. The number of nitrogens with zero attached hydrogens (tertiary/aromatic N) is 2. The van der Waals surface area contributed by atoms with E-state index in [2.05, 4.69) is 10.3 Å². The van der Waals surface area contributed by atoms with Gasteiger partial charge >= 0.3 is 0 Å². The summed E-state index contributed by atoms with van der Waals surface area (Å²) >= 11 is 1.25. The van der Waals surface area contributed by atoms with Gasteiger partial charge in [0.25, 0.3) is 5.91 Å². The predicted octanol–water partition coefficient (Wildman–Crippen LogP) is 4.52. The molecule has 4 rings (SSSR count). The highest BCUT2D eigenvalue weighted by molar-refractivity contribution is 8.18. The molecule has 1 aromatic heterocycles. The maximum atomic E-state index is 13.0. The number of rotatable bonds is 4. The third kappa shape index (κ3) is 3.84. The molecule has 2 heterocycles. The summed E-state index contributed by atoms with van der Waals surface area (Å²) in [5, 5.41) is 3.20. The van der Waals surface area contributed by atoms with E-state index in [-0.39, 0.29) is 11.7 Å². The van der Waals surface area contributed by atoms with Gasteiger partial charge in [0.05, 0.1) is 17.7 Å². The van der Waals surface area contributed by atoms with E-state index < -0.39 is 0 Å². The Balaban J connectivity index is 1.59. The van der Waals surface area contributed by atoms with Gasteiger partial charge in [-0.05, 0) is 78.5 Å². The second kappa shape index (κ2) is 7.74. The summed E-state index contributed by atoms with van der Waals surface area (Å²) in [6, 6.07) is 17.3. The molecule has 0 radical (unpaired) electrons. The lowest BCUT2D eigenvalue weighted by Crippen LogP contribution is -2.19. The fourth-order valence-electron chi connectivity index (χ4n) is 2.74. The van der Waals surface area contributed by atoms with Crippen molar-refractivity contribution in [3.8, 4) is 11.4 Å². The lowest BCUT2D eigenvalue weighted by Gasteiger charge is -2.08. The number of aliphatic imine (C=N–C) groups is 1. The maximum Gasteiger partial charge on any atom is 0.264 e. The molecule has 1 aliphatic heterocycles. The second-order valence-corrected chi connectivity index (χ2v) is 6.99. The fourth-order valence-corrected chi connectivity index (χ4v) is 3.56. The lowest BCUT2D eigenvalue weighted by atomic mass is 10.3. The van der Waals surface area contributed by atoms with Crippen molar-refractivity contribution in [2.75, 3.05) is 7.11 Å². The number of ether oxygens (including phenoxy) is 1. The second-order valence-electron chi connectivity index (χ2n) is 5.96. The number of carbonyl (C=O) groups is 1. The topological polar surface area (TPSA) is 55.6 Å². The first-order valence-corrected chi connectivity index (χ1v) is 9.31. The Bertz CT molecular complexity index is 1070. The molecular weight excluding hydrogens is 377 g/mol. The first-order chi connectivity index (χ1) is 13.6. The van der Waals surface area contributed by atoms with Crippen LogP contribution in [0.25, 0.3) is 11.8 Å². The third-order valence-electron chi connectivity index (χ3n) is 4.12. The molecule has 0 spiro atoms. The van der Waals surface area contributed by atoms with Crippen molar-refractivity contribution in [1.29, 1.82) is 0 Å². The van der Waals surface area contributed by atoms with Crippen molar-refractivity contribution in [2.45, 2.75) is 0 Å². The molecule has 1 amide bonds. The Labute approximate surface area is 165 Å². The SMILES string of the molecule is COc1ccc(-n2cccc2C=C2SC(=Nc3ccc(F)cc3)NC2=O)cc1. The van der Waals surface area contributed by atoms with Crippen molar-refractivity contribution in [3.63, 3.8) is 0 Å². The highest BCUT2D eigenvalue weighted by atomic mass is 32.2. The van der Waals surface area contributed by atoms with Crippen molar-refractivity contribution in [2.24, 2.45) is 4.99 Å². The van der Waals surface area contributed by atoms with Gasteiger partial charge in [0.2, 0.25) is 0 Å². The highest BCUT2D eigenvalue weighted by Crippen LogP contribution is 2.29. The van der Waals surface area contributed by atoms with E-state index in [0.29, 0.717) is 15.8 Å². The van der Waals surface area contributed by atoms with E-state index in [4.69, 9.17) is 4.74 Å². The number of amides is 1. The number of methoxy groups -OCH3 is 1. The number of thioether (sulfide) groups is 1. The summed E-state index contributed by atoms with van der Waals surface area (Å²) in [6.07, 6.45) is 3.75. The number of hydrogen-bond donors (Lipinski definition) is 1. The van der Waals surface area contributed by atoms with Crippen LogP contribution in [0.2, 0.25) is 0 Å². The smallest absolute Gasteiger partial charge is 0.264 e. The van der Waals surface area contributed by atoms with Gasteiger partial charge in [0, 0.05) is 17.6 Å². The molecule has 3 aromatic rings.